The van der Waals surface area contributed by atoms with Crippen LogP contribution in [0.15, 0.2) is 10.7 Å². The summed E-state index contributed by atoms with van der Waals surface area (Å²) in [4.78, 5) is 0. The van der Waals surface area contributed by atoms with Crippen LogP contribution < -0.4 is 0 Å². The Morgan fingerprint density at radius 3 is 2.55 bits per heavy atom. The van der Waals surface area contributed by atoms with E-state index in [1.54, 1.807) is 6.26 Å². The summed E-state index contributed by atoms with van der Waals surface area (Å²) in [6.45, 7) is 4.18. The van der Waals surface area contributed by atoms with E-state index >= 15 is 0 Å². The normalized spacial score (nSPS) is 10.5. The van der Waals surface area contributed by atoms with E-state index in [-0.39, 0.29) is 6.61 Å². The molecule has 2 nitrogen and oxygen atoms in total. The molecule has 62 valence electrons. The van der Waals surface area contributed by atoms with Crippen LogP contribution in [0.3, 0.4) is 0 Å². The number of hydrogen-bond acceptors (Lipinski definition) is 2. The lowest BCUT2D eigenvalue weighted by molar-refractivity contribution is 0.245. The van der Waals surface area contributed by atoms with Crippen LogP contribution >= 0.6 is 0 Å². The minimum atomic E-state index is 0.0170. The topological polar surface area (TPSA) is 33.4 Å². The summed E-state index contributed by atoms with van der Waals surface area (Å²) in [5, 5.41) is 8.86. The molecule has 1 aromatic heterocycles. The third-order valence-corrected chi connectivity index (χ3v) is 1.95. The zero-order valence-corrected chi connectivity index (χ0v) is 7.05. The van der Waals surface area contributed by atoms with Gasteiger partial charge in [-0.15, -0.1) is 0 Å². The third kappa shape index (κ3) is 1.46. The molecule has 0 spiro atoms. The van der Waals surface area contributed by atoms with Crippen LogP contribution in [-0.4, -0.2) is 5.11 Å². The van der Waals surface area contributed by atoms with Gasteiger partial charge in [0.1, 0.15) is 12.4 Å². The molecular weight excluding hydrogens is 140 g/mol. The first-order valence-corrected chi connectivity index (χ1v) is 4.02. The minimum Gasteiger partial charge on any atom is -0.466 e. The smallest absolute Gasteiger partial charge is 0.132 e. The monoisotopic (exact) mass is 154 g/mol. The molecule has 0 bridgehead atoms. The van der Waals surface area contributed by atoms with Crippen LogP contribution in [0.5, 0.6) is 0 Å². The van der Waals surface area contributed by atoms with Crippen LogP contribution in [0.1, 0.15) is 30.7 Å². The summed E-state index contributed by atoms with van der Waals surface area (Å²) in [6.07, 6.45) is 3.66. The molecule has 0 saturated heterocycles. The van der Waals surface area contributed by atoms with Crippen molar-refractivity contribution in [3.63, 3.8) is 0 Å². The van der Waals surface area contributed by atoms with Gasteiger partial charge in [0.2, 0.25) is 0 Å². The Balaban J connectivity index is 2.99. The highest BCUT2D eigenvalue weighted by Crippen LogP contribution is 2.18. The molecule has 1 N–H and O–H groups in total. The molecule has 1 rings (SSSR count). The summed E-state index contributed by atoms with van der Waals surface area (Å²) in [6, 6.07) is 0. The molecule has 11 heavy (non-hydrogen) atoms. The standard InChI is InChI=1S/C9H14O2/c1-3-7-6-11-9(5-10)8(7)4-2/h6,10H,3-5H2,1-2H3. The maximum Gasteiger partial charge on any atom is 0.132 e. The first-order chi connectivity index (χ1) is 5.33. The molecule has 0 unspecified atom stereocenters. The highest BCUT2D eigenvalue weighted by atomic mass is 16.4. The molecule has 1 heterocycles. The van der Waals surface area contributed by atoms with E-state index in [1.165, 1.54) is 11.1 Å². The van der Waals surface area contributed by atoms with Gasteiger partial charge in [-0.25, -0.2) is 0 Å². The molecule has 1 aromatic rings. The van der Waals surface area contributed by atoms with Crippen LogP contribution in [0.4, 0.5) is 0 Å². The minimum absolute atomic E-state index is 0.0170. The Labute approximate surface area is 66.8 Å². The van der Waals surface area contributed by atoms with E-state index in [0.29, 0.717) is 0 Å². The molecule has 0 aliphatic carbocycles. The highest BCUT2D eigenvalue weighted by molar-refractivity contribution is 5.27. The van der Waals surface area contributed by atoms with Gasteiger partial charge in [-0.3, -0.25) is 0 Å². The molecule has 0 fully saturated rings. The summed E-state index contributed by atoms with van der Waals surface area (Å²) in [5.41, 5.74) is 2.39. The predicted molar refractivity (Wildman–Crippen MR) is 43.4 cm³/mol. The fourth-order valence-electron chi connectivity index (χ4n) is 1.32. The fourth-order valence-corrected chi connectivity index (χ4v) is 1.32. The van der Waals surface area contributed by atoms with E-state index < -0.39 is 0 Å². The van der Waals surface area contributed by atoms with Crippen molar-refractivity contribution >= 4 is 0 Å². The number of hydrogen-bond donors (Lipinski definition) is 1. The Hall–Kier alpha value is -0.760. The van der Waals surface area contributed by atoms with Gasteiger partial charge in [0.25, 0.3) is 0 Å². The van der Waals surface area contributed by atoms with E-state index in [9.17, 15) is 0 Å². The maximum absolute atomic E-state index is 8.86. The average Bonchev–Trinajstić information content (AvgIpc) is 2.45. The molecule has 0 aliphatic heterocycles. The van der Waals surface area contributed by atoms with Crippen molar-refractivity contribution in [2.24, 2.45) is 0 Å². The first kappa shape index (κ1) is 8.34. The van der Waals surface area contributed by atoms with E-state index in [0.717, 1.165) is 18.6 Å². The summed E-state index contributed by atoms with van der Waals surface area (Å²) in [7, 11) is 0. The molecule has 0 aliphatic rings. The number of rotatable bonds is 3. The van der Waals surface area contributed by atoms with Crippen molar-refractivity contribution in [2.45, 2.75) is 33.3 Å². The quantitative estimate of drug-likeness (QED) is 0.721. The van der Waals surface area contributed by atoms with Crippen LogP contribution in [0, 0.1) is 0 Å². The zero-order chi connectivity index (χ0) is 8.27. The Kier molecular flexibility index (Phi) is 2.71. The summed E-state index contributed by atoms with van der Waals surface area (Å²) < 4.78 is 5.18. The second-order valence-electron chi connectivity index (χ2n) is 2.53. The predicted octanol–water partition coefficient (Wildman–Crippen LogP) is 1.90. The largest absolute Gasteiger partial charge is 0.466 e. The Morgan fingerprint density at radius 2 is 2.09 bits per heavy atom. The molecule has 0 aromatic carbocycles. The number of aliphatic hydroxyl groups is 1. The number of aliphatic hydroxyl groups excluding tert-OH is 1. The van der Waals surface area contributed by atoms with Crippen molar-refractivity contribution in [1.29, 1.82) is 0 Å². The highest BCUT2D eigenvalue weighted by Gasteiger charge is 2.08. The van der Waals surface area contributed by atoms with Crippen LogP contribution in [0.2, 0.25) is 0 Å². The lowest BCUT2D eigenvalue weighted by Crippen LogP contribution is -1.90. The van der Waals surface area contributed by atoms with Crippen molar-refractivity contribution in [2.75, 3.05) is 0 Å². The molecule has 0 amide bonds. The molecule has 0 saturated carbocycles. The van der Waals surface area contributed by atoms with E-state index in [2.05, 4.69) is 13.8 Å². The average molecular weight is 154 g/mol. The van der Waals surface area contributed by atoms with Crippen molar-refractivity contribution in [1.82, 2.24) is 0 Å². The van der Waals surface area contributed by atoms with E-state index in [4.69, 9.17) is 9.52 Å². The lowest BCUT2D eigenvalue weighted by Gasteiger charge is -1.96. The van der Waals surface area contributed by atoms with Crippen LogP contribution in [0.25, 0.3) is 0 Å². The van der Waals surface area contributed by atoms with Gasteiger partial charge in [-0.2, -0.15) is 0 Å². The SMILES string of the molecule is CCc1coc(CO)c1CC. The second kappa shape index (κ2) is 3.58. The summed E-state index contributed by atoms with van der Waals surface area (Å²) >= 11 is 0. The zero-order valence-electron chi connectivity index (χ0n) is 7.05. The lowest BCUT2D eigenvalue weighted by atomic mass is 10.1. The van der Waals surface area contributed by atoms with Gasteiger partial charge in [0.05, 0.1) is 6.26 Å². The second-order valence-corrected chi connectivity index (χ2v) is 2.53. The van der Waals surface area contributed by atoms with Gasteiger partial charge < -0.3 is 9.52 Å². The van der Waals surface area contributed by atoms with Gasteiger partial charge in [-0.05, 0) is 24.0 Å². The number of aryl methyl sites for hydroxylation is 1. The molecule has 0 radical (unpaired) electrons. The Morgan fingerprint density at radius 1 is 1.36 bits per heavy atom. The maximum atomic E-state index is 8.86. The third-order valence-electron chi connectivity index (χ3n) is 1.95. The first-order valence-electron chi connectivity index (χ1n) is 4.02. The van der Waals surface area contributed by atoms with Gasteiger partial charge in [0, 0.05) is 0 Å². The van der Waals surface area contributed by atoms with Crippen molar-refractivity contribution in [3.8, 4) is 0 Å². The van der Waals surface area contributed by atoms with Gasteiger partial charge >= 0.3 is 0 Å². The molecular formula is C9H14O2. The van der Waals surface area contributed by atoms with Crippen molar-refractivity contribution in [3.05, 3.63) is 23.2 Å². The molecule has 0 atom stereocenters. The van der Waals surface area contributed by atoms with Gasteiger partial charge in [0.15, 0.2) is 0 Å². The van der Waals surface area contributed by atoms with Crippen LogP contribution in [-0.2, 0) is 19.4 Å². The molecule has 2 heteroatoms. The number of furan rings is 1. The summed E-state index contributed by atoms with van der Waals surface area (Å²) in [5.74, 6) is 0.726. The fraction of sp³-hybridized carbons (Fsp3) is 0.556. The van der Waals surface area contributed by atoms with Gasteiger partial charge in [-0.1, -0.05) is 13.8 Å². The van der Waals surface area contributed by atoms with E-state index in [1.807, 2.05) is 0 Å². The van der Waals surface area contributed by atoms with Crippen molar-refractivity contribution < 1.29 is 9.52 Å². The Bertz CT molecular complexity index is 204.